The SMILES string of the molecule is Cc1cc(/C=N/NC(=O)CSc2ncccn2)c(C)n1-c1ccc(Cl)cc1. The van der Waals surface area contributed by atoms with Gasteiger partial charge >= 0.3 is 0 Å². The molecule has 0 radical (unpaired) electrons. The molecule has 0 spiro atoms. The lowest BCUT2D eigenvalue weighted by Crippen LogP contribution is -2.19. The average molecular weight is 400 g/mol. The Balaban J connectivity index is 1.63. The smallest absolute Gasteiger partial charge is 0.250 e. The molecule has 3 aromatic rings. The zero-order valence-electron chi connectivity index (χ0n) is 14.9. The fourth-order valence-electron chi connectivity index (χ4n) is 2.60. The number of carbonyl (C=O) groups excluding carboxylic acids is 1. The van der Waals surface area contributed by atoms with Crippen molar-refractivity contribution >= 4 is 35.5 Å². The minimum absolute atomic E-state index is 0.200. The molecule has 0 bridgehead atoms. The van der Waals surface area contributed by atoms with Crippen LogP contribution in [-0.2, 0) is 4.79 Å². The average Bonchev–Trinajstić information content (AvgIpc) is 2.95. The third kappa shape index (κ3) is 4.96. The molecule has 0 atom stereocenters. The molecule has 27 heavy (non-hydrogen) atoms. The number of benzene rings is 1. The Morgan fingerprint density at radius 2 is 1.96 bits per heavy atom. The lowest BCUT2D eigenvalue weighted by atomic mass is 10.2. The van der Waals surface area contributed by atoms with E-state index in [9.17, 15) is 4.79 Å². The van der Waals surface area contributed by atoms with E-state index in [1.54, 1.807) is 24.7 Å². The second-order valence-corrected chi connectivity index (χ2v) is 7.13. The number of aromatic nitrogens is 3. The monoisotopic (exact) mass is 399 g/mol. The Labute approximate surface area is 166 Å². The molecule has 138 valence electrons. The fraction of sp³-hybridized carbons (Fsp3) is 0.158. The number of carbonyl (C=O) groups is 1. The highest BCUT2D eigenvalue weighted by Crippen LogP contribution is 2.21. The summed E-state index contributed by atoms with van der Waals surface area (Å²) in [5, 5.41) is 5.32. The van der Waals surface area contributed by atoms with Gasteiger partial charge in [0.15, 0.2) is 5.16 Å². The van der Waals surface area contributed by atoms with Crippen molar-refractivity contribution in [3.05, 3.63) is 70.8 Å². The Kier molecular flexibility index (Phi) is 6.26. The molecule has 1 N–H and O–H groups in total. The summed E-state index contributed by atoms with van der Waals surface area (Å²) in [7, 11) is 0. The zero-order valence-corrected chi connectivity index (χ0v) is 16.5. The highest BCUT2D eigenvalue weighted by atomic mass is 35.5. The number of hydrazone groups is 1. The summed E-state index contributed by atoms with van der Waals surface area (Å²) in [4.78, 5) is 20.0. The summed E-state index contributed by atoms with van der Waals surface area (Å²) in [6, 6.07) is 11.4. The summed E-state index contributed by atoms with van der Waals surface area (Å²) < 4.78 is 2.11. The number of nitrogens with zero attached hydrogens (tertiary/aromatic N) is 4. The summed E-state index contributed by atoms with van der Waals surface area (Å²) in [5.41, 5.74) is 6.59. The number of aryl methyl sites for hydroxylation is 1. The number of hydrogen-bond acceptors (Lipinski definition) is 5. The summed E-state index contributed by atoms with van der Waals surface area (Å²) in [6.07, 6.45) is 4.93. The molecule has 2 aromatic heterocycles. The first-order valence-electron chi connectivity index (χ1n) is 8.21. The van der Waals surface area contributed by atoms with E-state index in [0.717, 1.165) is 22.6 Å². The molecule has 0 saturated heterocycles. The van der Waals surface area contributed by atoms with E-state index >= 15 is 0 Å². The van der Waals surface area contributed by atoms with E-state index in [2.05, 4.69) is 25.1 Å². The van der Waals surface area contributed by atoms with Gasteiger partial charge in [0.2, 0.25) is 0 Å². The number of hydrogen-bond donors (Lipinski definition) is 1. The highest BCUT2D eigenvalue weighted by molar-refractivity contribution is 7.99. The fourth-order valence-corrected chi connectivity index (χ4v) is 3.32. The van der Waals surface area contributed by atoms with E-state index in [0.29, 0.717) is 10.2 Å². The van der Waals surface area contributed by atoms with Crippen LogP contribution >= 0.6 is 23.4 Å². The van der Waals surface area contributed by atoms with Crippen LogP contribution in [0, 0.1) is 13.8 Å². The van der Waals surface area contributed by atoms with Crippen molar-refractivity contribution in [2.75, 3.05) is 5.75 Å². The van der Waals surface area contributed by atoms with Gasteiger partial charge < -0.3 is 4.57 Å². The second-order valence-electron chi connectivity index (χ2n) is 5.75. The molecule has 8 heteroatoms. The van der Waals surface area contributed by atoms with Crippen LogP contribution in [0.4, 0.5) is 0 Å². The summed E-state index contributed by atoms with van der Waals surface area (Å²) in [5.74, 6) is -0.0132. The topological polar surface area (TPSA) is 72.2 Å². The lowest BCUT2D eigenvalue weighted by molar-refractivity contribution is -0.118. The standard InChI is InChI=1S/C19H18ClN5OS/c1-13-10-15(14(2)25(13)17-6-4-16(20)5-7-17)11-23-24-18(26)12-27-19-21-8-3-9-22-19/h3-11H,12H2,1-2H3,(H,24,26)/b23-11+. The van der Waals surface area contributed by atoms with Gasteiger partial charge in [0.05, 0.1) is 12.0 Å². The maximum Gasteiger partial charge on any atom is 0.250 e. The summed E-state index contributed by atoms with van der Waals surface area (Å²) in [6.45, 7) is 4.03. The van der Waals surface area contributed by atoms with Gasteiger partial charge in [-0.15, -0.1) is 0 Å². The van der Waals surface area contributed by atoms with Gasteiger partial charge in [-0.25, -0.2) is 15.4 Å². The van der Waals surface area contributed by atoms with Gasteiger partial charge in [-0.1, -0.05) is 23.4 Å². The van der Waals surface area contributed by atoms with Crippen LogP contribution in [0.3, 0.4) is 0 Å². The van der Waals surface area contributed by atoms with Gasteiger partial charge in [-0.05, 0) is 50.2 Å². The van der Waals surface area contributed by atoms with Crippen molar-refractivity contribution < 1.29 is 4.79 Å². The van der Waals surface area contributed by atoms with Gasteiger partial charge in [0.1, 0.15) is 0 Å². The lowest BCUT2D eigenvalue weighted by Gasteiger charge is -2.09. The van der Waals surface area contributed by atoms with E-state index < -0.39 is 0 Å². The maximum absolute atomic E-state index is 11.9. The molecular formula is C19H18ClN5OS. The molecule has 1 aromatic carbocycles. The normalized spacial score (nSPS) is 11.1. The van der Waals surface area contributed by atoms with Crippen LogP contribution < -0.4 is 5.43 Å². The van der Waals surface area contributed by atoms with E-state index in [4.69, 9.17) is 11.6 Å². The van der Waals surface area contributed by atoms with Crippen LogP contribution in [0.1, 0.15) is 17.0 Å². The van der Waals surface area contributed by atoms with Gasteiger partial charge in [-0.3, -0.25) is 4.79 Å². The molecule has 2 heterocycles. The minimum atomic E-state index is -0.213. The van der Waals surface area contributed by atoms with Crippen LogP contribution in [0.15, 0.2) is 59.0 Å². The first-order valence-corrected chi connectivity index (χ1v) is 9.57. The Hall–Kier alpha value is -2.64. The van der Waals surface area contributed by atoms with Crippen LogP contribution in [-0.4, -0.2) is 32.4 Å². The quantitative estimate of drug-likeness (QED) is 0.296. The predicted octanol–water partition coefficient (Wildman–Crippen LogP) is 3.78. The predicted molar refractivity (Wildman–Crippen MR) is 109 cm³/mol. The van der Waals surface area contributed by atoms with Crippen LogP contribution in [0.2, 0.25) is 5.02 Å². The number of halogens is 1. The number of thioether (sulfide) groups is 1. The molecule has 0 fully saturated rings. The minimum Gasteiger partial charge on any atom is -0.318 e. The largest absolute Gasteiger partial charge is 0.318 e. The molecule has 0 aliphatic heterocycles. The number of rotatable bonds is 6. The number of nitrogens with one attached hydrogen (secondary N) is 1. The first kappa shape index (κ1) is 19.1. The molecular weight excluding hydrogens is 382 g/mol. The Morgan fingerprint density at radius 1 is 1.26 bits per heavy atom. The molecule has 0 unspecified atom stereocenters. The highest BCUT2D eigenvalue weighted by Gasteiger charge is 2.09. The molecule has 0 aliphatic rings. The van der Waals surface area contributed by atoms with Crippen molar-refractivity contribution in [2.45, 2.75) is 19.0 Å². The third-order valence-corrected chi connectivity index (χ3v) is 4.95. The third-order valence-electron chi connectivity index (χ3n) is 3.82. The van der Waals surface area contributed by atoms with Crippen molar-refractivity contribution in [3.63, 3.8) is 0 Å². The van der Waals surface area contributed by atoms with E-state index in [1.165, 1.54) is 11.8 Å². The zero-order chi connectivity index (χ0) is 19.2. The van der Waals surface area contributed by atoms with Gasteiger partial charge in [-0.2, -0.15) is 5.10 Å². The van der Waals surface area contributed by atoms with Crippen molar-refractivity contribution in [1.82, 2.24) is 20.0 Å². The van der Waals surface area contributed by atoms with E-state index in [1.807, 2.05) is 44.2 Å². The second kappa shape index (κ2) is 8.83. The van der Waals surface area contributed by atoms with E-state index in [-0.39, 0.29) is 11.7 Å². The first-order chi connectivity index (χ1) is 13.0. The van der Waals surface area contributed by atoms with Crippen LogP contribution in [0.5, 0.6) is 0 Å². The molecule has 0 aliphatic carbocycles. The molecule has 0 saturated carbocycles. The molecule has 6 nitrogen and oxygen atoms in total. The number of amides is 1. The summed E-state index contributed by atoms with van der Waals surface area (Å²) >= 11 is 7.23. The van der Waals surface area contributed by atoms with Crippen molar-refractivity contribution in [3.8, 4) is 5.69 Å². The molecule has 3 rings (SSSR count). The molecule has 1 amide bonds. The Bertz CT molecular complexity index is 954. The van der Waals surface area contributed by atoms with Crippen molar-refractivity contribution in [2.24, 2.45) is 5.10 Å². The van der Waals surface area contributed by atoms with Crippen molar-refractivity contribution in [1.29, 1.82) is 0 Å². The van der Waals surface area contributed by atoms with Crippen LogP contribution in [0.25, 0.3) is 5.69 Å². The van der Waals surface area contributed by atoms with Gasteiger partial charge in [0, 0.05) is 40.1 Å². The maximum atomic E-state index is 11.9. The Morgan fingerprint density at radius 3 is 2.67 bits per heavy atom. The van der Waals surface area contributed by atoms with Gasteiger partial charge in [0.25, 0.3) is 5.91 Å².